The highest BCUT2D eigenvalue weighted by atomic mass is 19.1. The highest BCUT2D eigenvalue weighted by Gasteiger charge is 2.44. The molecule has 2 aromatic carbocycles. The molecule has 2 rings (SSSR count). The van der Waals surface area contributed by atoms with Crippen molar-refractivity contribution in [3.05, 3.63) is 71.3 Å². The molecule has 7 heteroatoms. The van der Waals surface area contributed by atoms with E-state index in [1.165, 1.54) is 50.2 Å². The maximum atomic E-state index is 14.6. The number of esters is 2. The molecule has 0 saturated heterocycles. The predicted molar refractivity (Wildman–Crippen MR) is 111 cm³/mol. The van der Waals surface area contributed by atoms with Crippen LogP contribution in [0.2, 0.25) is 0 Å². The van der Waals surface area contributed by atoms with Crippen LogP contribution >= 0.6 is 0 Å². The molecule has 0 aliphatic carbocycles. The molecule has 0 aromatic heterocycles. The van der Waals surface area contributed by atoms with Crippen LogP contribution in [-0.2, 0) is 24.7 Å². The van der Waals surface area contributed by atoms with Gasteiger partial charge in [-0.1, -0.05) is 43.3 Å². The fourth-order valence-corrected chi connectivity index (χ4v) is 3.22. The summed E-state index contributed by atoms with van der Waals surface area (Å²) < 4.78 is 39.8. The normalized spacial score (nSPS) is 13.9. The van der Waals surface area contributed by atoms with Gasteiger partial charge in [-0.2, -0.15) is 0 Å². The van der Waals surface area contributed by atoms with Gasteiger partial charge in [0.1, 0.15) is 23.3 Å². The summed E-state index contributed by atoms with van der Waals surface area (Å²) in [5.41, 5.74) is -3.47. The third-order valence-electron chi connectivity index (χ3n) is 4.75. The van der Waals surface area contributed by atoms with Gasteiger partial charge in [0.2, 0.25) is 0 Å². The molecule has 0 aliphatic heterocycles. The van der Waals surface area contributed by atoms with Crippen LogP contribution < -0.4 is 0 Å². The molecule has 0 spiro atoms. The zero-order valence-corrected chi connectivity index (χ0v) is 18.3. The van der Waals surface area contributed by atoms with Crippen LogP contribution in [0.5, 0.6) is 0 Å². The van der Waals surface area contributed by atoms with Gasteiger partial charge in [0.15, 0.2) is 5.60 Å². The van der Waals surface area contributed by atoms with Crippen molar-refractivity contribution in [2.24, 2.45) is 5.92 Å². The molecular formula is C24H28F2O5. The maximum Gasteiger partial charge on any atom is 0.309 e. The molecule has 1 N–H and O–H groups in total. The molecule has 0 radical (unpaired) electrons. The van der Waals surface area contributed by atoms with Crippen LogP contribution in [0.3, 0.4) is 0 Å². The topological polar surface area (TPSA) is 72.8 Å². The molecule has 0 bridgehead atoms. The number of carbonyl (C=O) groups is 2. The second kappa shape index (κ2) is 9.56. The summed E-state index contributed by atoms with van der Waals surface area (Å²) in [7, 11) is 0. The minimum absolute atomic E-state index is 0.235. The van der Waals surface area contributed by atoms with Crippen LogP contribution in [0.1, 0.15) is 52.2 Å². The van der Waals surface area contributed by atoms with Gasteiger partial charge < -0.3 is 14.6 Å². The van der Waals surface area contributed by atoms with Crippen molar-refractivity contribution >= 4 is 11.9 Å². The van der Waals surface area contributed by atoms with Crippen molar-refractivity contribution in [2.75, 3.05) is 0 Å². The molecule has 2 atom stereocenters. The molecule has 0 fully saturated rings. The van der Waals surface area contributed by atoms with Crippen molar-refractivity contribution in [1.82, 2.24) is 0 Å². The molecule has 2 aromatic rings. The maximum absolute atomic E-state index is 14.6. The minimum Gasteiger partial charge on any atom is -0.460 e. The molecule has 0 unspecified atom stereocenters. The van der Waals surface area contributed by atoms with E-state index < -0.39 is 46.8 Å². The number of aliphatic hydroxyl groups is 1. The largest absolute Gasteiger partial charge is 0.460 e. The SMILES string of the molecule is C[C@H](CC(=O)OC(C)(C)C)C(=O)O[C@@H](C)C(O)(c1ccccc1F)c1ccccc1F. The molecule has 0 heterocycles. The second-order valence-electron chi connectivity index (χ2n) is 8.50. The number of benzene rings is 2. The van der Waals surface area contributed by atoms with E-state index in [4.69, 9.17) is 9.47 Å². The zero-order chi connectivity index (χ0) is 23.4. The van der Waals surface area contributed by atoms with Crippen LogP contribution in [0.25, 0.3) is 0 Å². The first-order valence-corrected chi connectivity index (χ1v) is 10.0. The zero-order valence-electron chi connectivity index (χ0n) is 18.3. The first-order valence-electron chi connectivity index (χ1n) is 10.0. The van der Waals surface area contributed by atoms with Crippen molar-refractivity contribution in [3.8, 4) is 0 Å². The lowest BCUT2D eigenvalue weighted by molar-refractivity contribution is -0.170. The Morgan fingerprint density at radius 1 is 0.935 bits per heavy atom. The molecule has 0 aliphatic rings. The van der Waals surface area contributed by atoms with E-state index in [-0.39, 0.29) is 17.5 Å². The van der Waals surface area contributed by atoms with Gasteiger partial charge in [0.25, 0.3) is 0 Å². The Hall–Kier alpha value is -2.80. The standard InChI is InChI=1S/C24H28F2O5/c1-15(14-21(27)31-23(3,4)5)22(28)30-16(2)24(29,17-10-6-8-12-19(17)25)18-11-7-9-13-20(18)26/h6-13,15-16,29H,14H2,1-5H3/t15-,16+/m1/s1. The molecule has 5 nitrogen and oxygen atoms in total. The lowest BCUT2D eigenvalue weighted by Gasteiger charge is -2.35. The molecular weight excluding hydrogens is 406 g/mol. The molecule has 31 heavy (non-hydrogen) atoms. The molecule has 0 amide bonds. The van der Waals surface area contributed by atoms with Crippen LogP contribution in [0.4, 0.5) is 8.78 Å². The number of rotatable bonds is 7. The van der Waals surface area contributed by atoms with Crippen LogP contribution in [0.15, 0.2) is 48.5 Å². The Kier molecular flexibility index (Phi) is 7.54. The number of hydrogen-bond acceptors (Lipinski definition) is 5. The van der Waals surface area contributed by atoms with Crippen molar-refractivity contribution in [2.45, 2.75) is 58.3 Å². The molecule has 168 valence electrons. The lowest BCUT2D eigenvalue weighted by Crippen LogP contribution is -2.44. The van der Waals surface area contributed by atoms with E-state index in [0.29, 0.717) is 0 Å². The van der Waals surface area contributed by atoms with Gasteiger partial charge in [-0.3, -0.25) is 9.59 Å². The first kappa shape index (κ1) is 24.5. The van der Waals surface area contributed by atoms with E-state index in [1.54, 1.807) is 20.8 Å². The molecule has 0 saturated carbocycles. The van der Waals surface area contributed by atoms with E-state index >= 15 is 0 Å². The summed E-state index contributed by atoms with van der Waals surface area (Å²) in [6, 6.07) is 10.7. The third kappa shape index (κ3) is 5.88. The lowest BCUT2D eigenvalue weighted by atomic mass is 9.81. The van der Waals surface area contributed by atoms with E-state index in [2.05, 4.69) is 0 Å². The minimum atomic E-state index is -2.29. The van der Waals surface area contributed by atoms with E-state index in [9.17, 15) is 23.5 Å². The fourth-order valence-electron chi connectivity index (χ4n) is 3.22. The van der Waals surface area contributed by atoms with Crippen molar-refractivity contribution in [1.29, 1.82) is 0 Å². The van der Waals surface area contributed by atoms with Crippen LogP contribution in [0, 0.1) is 17.6 Å². The van der Waals surface area contributed by atoms with E-state index in [0.717, 1.165) is 12.1 Å². The van der Waals surface area contributed by atoms with Gasteiger partial charge in [0.05, 0.1) is 12.3 Å². The Balaban J connectivity index is 2.32. The highest BCUT2D eigenvalue weighted by Crippen LogP contribution is 2.37. The summed E-state index contributed by atoms with van der Waals surface area (Å²) in [6.07, 6.45) is -1.60. The first-order chi connectivity index (χ1) is 14.4. The summed E-state index contributed by atoms with van der Waals surface area (Å²) >= 11 is 0. The number of hydrogen-bond donors (Lipinski definition) is 1. The quantitative estimate of drug-likeness (QED) is 0.650. The Labute approximate surface area is 181 Å². The van der Waals surface area contributed by atoms with Gasteiger partial charge >= 0.3 is 11.9 Å². The van der Waals surface area contributed by atoms with Gasteiger partial charge in [-0.15, -0.1) is 0 Å². The van der Waals surface area contributed by atoms with Crippen LogP contribution in [-0.4, -0.2) is 28.8 Å². The summed E-state index contributed by atoms with van der Waals surface area (Å²) in [5, 5.41) is 11.5. The number of ether oxygens (including phenoxy) is 2. The highest BCUT2D eigenvalue weighted by molar-refractivity contribution is 5.80. The monoisotopic (exact) mass is 434 g/mol. The van der Waals surface area contributed by atoms with Gasteiger partial charge in [-0.05, 0) is 39.8 Å². The Bertz CT molecular complexity index is 890. The van der Waals surface area contributed by atoms with Gasteiger partial charge in [0, 0.05) is 11.1 Å². The number of halogens is 2. The smallest absolute Gasteiger partial charge is 0.309 e. The van der Waals surface area contributed by atoms with Crippen molar-refractivity contribution < 1.29 is 33.0 Å². The Morgan fingerprint density at radius 2 is 1.39 bits per heavy atom. The summed E-state index contributed by atoms with van der Waals surface area (Å²) in [6.45, 7) is 7.94. The predicted octanol–water partition coefficient (Wildman–Crippen LogP) is 4.50. The Morgan fingerprint density at radius 3 is 1.81 bits per heavy atom. The average molecular weight is 434 g/mol. The summed E-state index contributed by atoms with van der Waals surface area (Å²) in [5.74, 6) is -3.83. The number of carbonyl (C=O) groups excluding carboxylic acids is 2. The van der Waals surface area contributed by atoms with E-state index in [1.807, 2.05) is 0 Å². The third-order valence-corrected chi connectivity index (χ3v) is 4.75. The average Bonchev–Trinajstić information content (AvgIpc) is 2.66. The second-order valence-corrected chi connectivity index (χ2v) is 8.50. The fraction of sp³-hybridized carbons (Fsp3) is 0.417. The summed E-state index contributed by atoms with van der Waals surface area (Å²) in [4.78, 5) is 24.6. The van der Waals surface area contributed by atoms with Crippen molar-refractivity contribution in [3.63, 3.8) is 0 Å². The van der Waals surface area contributed by atoms with Gasteiger partial charge in [-0.25, -0.2) is 8.78 Å².